The third-order valence-electron chi connectivity index (χ3n) is 4.00. The van der Waals surface area contributed by atoms with Crippen molar-refractivity contribution < 1.29 is 18.9 Å². The van der Waals surface area contributed by atoms with E-state index in [1.165, 1.54) is 0 Å². The first kappa shape index (κ1) is 13.8. The largest absolute Gasteiger partial charge is 0.486 e. The second kappa shape index (κ2) is 5.73. The van der Waals surface area contributed by atoms with Gasteiger partial charge < -0.3 is 18.9 Å². The minimum absolute atomic E-state index is 0.253. The predicted octanol–water partition coefficient (Wildman–Crippen LogP) is 3.04. The smallest absolute Gasteiger partial charge is 0.231 e. The lowest BCUT2D eigenvalue weighted by Crippen LogP contribution is -2.15. The Morgan fingerprint density at radius 1 is 0.870 bits per heavy atom. The summed E-state index contributed by atoms with van der Waals surface area (Å²) in [5.74, 6) is 2.67. The molecule has 2 aliphatic rings. The zero-order chi connectivity index (χ0) is 15.6. The fourth-order valence-electron chi connectivity index (χ4n) is 2.82. The standard InChI is InChI=1S/C18H15NO4/c19-10-14(7-12-1-3-16-17(8-12)23-11-22-16)13-2-4-15-18(9-13)21-6-5-20-15/h1-4,8-9,14H,5-7,11H2. The van der Waals surface area contributed by atoms with Crippen molar-refractivity contribution in [3.05, 3.63) is 47.5 Å². The van der Waals surface area contributed by atoms with E-state index >= 15 is 0 Å². The molecule has 0 amide bonds. The lowest BCUT2D eigenvalue weighted by molar-refractivity contribution is 0.171. The second-order valence-electron chi connectivity index (χ2n) is 5.48. The van der Waals surface area contributed by atoms with Gasteiger partial charge in [0.05, 0.1) is 12.0 Å². The summed E-state index contributed by atoms with van der Waals surface area (Å²) < 4.78 is 21.8. The number of ether oxygens (including phenoxy) is 4. The fourth-order valence-corrected chi connectivity index (χ4v) is 2.82. The van der Waals surface area contributed by atoms with E-state index in [2.05, 4.69) is 6.07 Å². The molecule has 5 heteroatoms. The molecule has 0 fully saturated rings. The Hall–Kier alpha value is -2.87. The van der Waals surface area contributed by atoms with Crippen LogP contribution in [0.25, 0.3) is 0 Å². The summed E-state index contributed by atoms with van der Waals surface area (Å²) in [6.07, 6.45) is 0.604. The molecule has 5 nitrogen and oxygen atoms in total. The Kier molecular flexibility index (Phi) is 3.43. The maximum Gasteiger partial charge on any atom is 0.231 e. The van der Waals surface area contributed by atoms with Crippen LogP contribution in [0.3, 0.4) is 0 Å². The first-order chi connectivity index (χ1) is 11.3. The SMILES string of the molecule is N#CC(Cc1ccc2c(c1)OCO2)c1ccc2c(c1)OCCO2. The van der Waals surface area contributed by atoms with Gasteiger partial charge in [0.1, 0.15) is 13.2 Å². The molecule has 23 heavy (non-hydrogen) atoms. The summed E-state index contributed by atoms with van der Waals surface area (Å²) in [6, 6.07) is 13.9. The molecule has 0 saturated heterocycles. The number of rotatable bonds is 3. The summed E-state index contributed by atoms with van der Waals surface area (Å²) in [5, 5.41) is 9.56. The molecule has 0 saturated carbocycles. The van der Waals surface area contributed by atoms with Crippen LogP contribution in [0.5, 0.6) is 23.0 Å². The molecule has 0 aliphatic carbocycles. The van der Waals surface area contributed by atoms with Gasteiger partial charge in [-0.2, -0.15) is 5.26 Å². The van der Waals surface area contributed by atoms with Gasteiger partial charge in [-0.25, -0.2) is 0 Å². The Morgan fingerprint density at radius 3 is 2.43 bits per heavy atom. The van der Waals surface area contributed by atoms with Crippen LogP contribution in [0.2, 0.25) is 0 Å². The molecular formula is C18H15NO4. The summed E-state index contributed by atoms with van der Waals surface area (Å²) >= 11 is 0. The first-order valence-electron chi connectivity index (χ1n) is 7.51. The van der Waals surface area contributed by atoms with Crippen molar-refractivity contribution in [1.29, 1.82) is 5.26 Å². The van der Waals surface area contributed by atoms with Crippen LogP contribution in [-0.2, 0) is 6.42 Å². The van der Waals surface area contributed by atoms with Crippen LogP contribution in [0.1, 0.15) is 17.0 Å². The molecule has 1 atom stereocenters. The summed E-state index contributed by atoms with van der Waals surface area (Å²) in [7, 11) is 0. The van der Waals surface area contributed by atoms with E-state index in [0.717, 1.165) is 28.4 Å². The lowest BCUT2D eigenvalue weighted by Gasteiger charge is -2.20. The zero-order valence-electron chi connectivity index (χ0n) is 12.5. The molecule has 4 rings (SSSR count). The van der Waals surface area contributed by atoms with Gasteiger partial charge in [-0.3, -0.25) is 0 Å². The fraction of sp³-hybridized carbons (Fsp3) is 0.278. The normalized spacial score (nSPS) is 15.8. The highest BCUT2D eigenvalue weighted by Gasteiger charge is 2.19. The number of nitriles is 1. The van der Waals surface area contributed by atoms with E-state index in [1.807, 2.05) is 36.4 Å². The molecule has 0 aromatic heterocycles. The van der Waals surface area contributed by atoms with E-state index in [0.29, 0.717) is 25.4 Å². The Bertz CT molecular complexity index is 781. The Balaban J connectivity index is 1.58. The van der Waals surface area contributed by atoms with E-state index in [-0.39, 0.29) is 12.7 Å². The Labute approximate surface area is 134 Å². The van der Waals surface area contributed by atoms with Gasteiger partial charge in [-0.15, -0.1) is 0 Å². The molecule has 116 valence electrons. The van der Waals surface area contributed by atoms with Gasteiger partial charge >= 0.3 is 0 Å². The maximum absolute atomic E-state index is 9.56. The van der Waals surface area contributed by atoms with Gasteiger partial charge in [0, 0.05) is 0 Å². The van der Waals surface area contributed by atoms with E-state index in [1.54, 1.807) is 0 Å². The zero-order valence-corrected chi connectivity index (χ0v) is 12.5. The lowest BCUT2D eigenvalue weighted by atomic mass is 9.92. The van der Waals surface area contributed by atoms with Crippen LogP contribution < -0.4 is 18.9 Å². The van der Waals surface area contributed by atoms with Gasteiger partial charge in [-0.05, 0) is 41.8 Å². The molecule has 2 aromatic carbocycles. The summed E-state index contributed by atoms with van der Waals surface area (Å²) in [5.41, 5.74) is 1.96. The van der Waals surface area contributed by atoms with Crippen molar-refractivity contribution in [3.63, 3.8) is 0 Å². The highest BCUT2D eigenvalue weighted by atomic mass is 16.7. The van der Waals surface area contributed by atoms with Crippen LogP contribution >= 0.6 is 0 Å². The highest BCUT2D eigenvalue weighted by Crippen LogP contribution is 2.36. The molecule has 0 radical (unpaired) electrons. The Morgan fingerprint density at radius 2 is 1.57 bits per heavy atom. The minimum Gasteiger partial charge on any atom is -0.486 e. The van der Waals surface area contributed by atoms with Gasteiger partial charge in [-0.1, -0.05) is 12.1 Å². The monoisotopic (exact) mass is 309 g/mol. The van der Waals surface area contributed by atoms with Crippen LogP contribution in [0.15, 0.2) is 36.4 Å². The molecular weight excluding hydrogens is 294 g/mol. The van der Waals surface area contributed by atoms with Crippen LogP contribution in [0, 0.1) is 11.3 Å². The van der Waals surface area contributed by atoms with Crippen molar-refractivity contribution in [1.82, 2.24) is 0 Å². The number of hydrogen-bond donors (Lipinski definition) is 0. The minimum atomic E-state index is -0.258. The van der Waals surface area contributed by atoms with Crippen molar-refractivity contribution in [2.24, 2.45) is 0 Å². The van der Waals surface area contributed by atoms with Crippen LogP contribution in [-0.4, -0.2) is 20.0 Å². The molecule has 0 bridgehead atoms. The molecule has 2 aromatic rings. The highest BCUT2D eigenvalue weighted by molar-refractivity contribution is 5.48. The maximum atomic E-state index is 9.56. The summed E-state index contributed by atoms with van der Waals surface area (Å²) in [6.45, 7) is 1.35. The van der Waals surface area contributed by atoms with Crippen molar-refractivity contribution >= 4 is 0 Å². The number of hydrogen-bond acceptors (Lipinski definition) is 5. The van der Waals surface area contributed by atoms with Gasteiger partial charge in [0.15, 0.2) is 23.0 Å². The second-order valence-corrected chi connectivity index (χ2v) is 5.48. The van der Waals surface area contributed by atoms with E-state index in [4.69, 9.17) is 18.9 Å². The summed E-state index contributed by atoms with van der Waals surface area (Å²) in [4.78, 5) is 0. The third-order valence-corrected chi connectivity index (χ3v) is 4.00. The topological polar surface area (TPSA) is 60.7 Å². The predicted molar refractivity (Wildman–Crippen MR) is 82.1 cm³/mol. The molecule has 0 spiro atoms. The van der Waals surface area contributed by atoms with E-state index < -0.39 is 0 Å². The molecule has 2 heterocycles. The average molecular weight is 309 g/mol. The van der Waals surface area contributed by atoms with E-state index in [9.17, 15) is 5.26 Å². The number of benzene rings is 2. The van der Waals surface area contributed by atoms with Gasteiger partial charge in [0.2, 0.25) is 6.79 Å². The third kappa shape index (κ3) is 2.64. The molecule has 0 N–H and O–H groups in total. The van der Waals surface area contributed by atoms with Crippen LogP contribution in [0.4, 0.5) is 0 Å². The quantitative estimate of drug-likeness (QED) is 0.872. The average Bonchev–Trinajstić information content (AvgIpc) is 3.07. The van der Waals surface area contributed by atoms with Crippen molar-refractivity contribution in [3.8, 4) is 29.1 Å². The number of fused-ring (bicyclic) bond motifs is 2. The van der Waals surface area contributed by atoms with Crippen molar-refractivity contribution in [2.75, 3.05) is 20.0 Å². The number of nitrogens with zero attached hydrogens (tertiary/aromatic N) is 1. The molecule has 1 unspecified atom stereocenters. The first-order valence-corrected chi connectivity index (χ1v) is 7.51. The van der Waals surface area contributed by atoms with Gasteiger partial charge in [0.25, 0.3) is 0 Å². The van der Waals surface area contributed by atoms with Crippen molar-refractivity contribution in [2.45, 2.75) is 12.3 Å². The molecule has 2 aliphatic heterocycles.